The lowest BCUT2D eigenvalue weighted by Gasteiger charge is -2.24. The summed E-state index contributed by atoms with van der Waals surface area (Å²) in [5.41, 5.74) is 0.571. The van der Waals surface area contributed by atoms with E-state index in [-0.39, 0.29) is 0 Å². The standard InChI is InChI=1S/C49H100/c1-5-7-9-11-13-15-17-19-21-23-25-27-28-30-32-34-36-38-40-42-44-46-48-49(3,4)47-45-43-41-39-37-35-33-31-29-26-24-22-20-18-16-14-12-10-8-6-2/h5-48H2,1-4H3. The molecule has 0 saturated carbocycles. The van der Waals surface area contributed by atoms with E-state index in [2.05, 4.69) is 27.7 Å². The Morgan fingerprint density at radius 1 is 0.184 bits per heavy atom. The minimum Gasteiger partial charge on any atom is -0.0654 e. The molecule has 0 spiro atoms. The normalized spacial score (nSPS) is 12.0. The first kappa shape index (κ1) is 49.0. The number of rotatable bonds is 44. The molecule has 296 valence electrons. The number of unbranched alkanes of at least 4 members (excludes halogenated alkanes) is 40. The Morgan fingerprint density at radius 2 is 0.306 bits per heavy atom. The maximum absolute atomic E-state index is 2.54. The zero-order valence-electron chi connectivity index (χ0n) is 35.6. The van der Waals surface area contributed by atoms with Gasteiger partial charge < -0.3 is 0 Å². The van der Waals surface area contributed by atoms with Crippen molar-refractivity contribution >= 4 is 0 Å². The van der Waals surface area contributed by atoms with E-state index in [1.54, 1.807) is 0 Å². The molecule has 0 aliphatic carbocycles. The van der Waals surface area contributed by atoms with E-state index in [9.17, 15) is 0 Å². The zero-order valence-corrected chi connectivity index (χ0v) is 35.6. The van der Waals surface area contributed by atoms with Crippen LogP contribution in [-0.4, -0.2) is 0 Å². The van der Waals surface area contributed by atoms with Crippen LogP contribution in [0.4, 0.5) is 0 Å². The lowest BCUT2D eigenvalue weighted by Crippen LogP contribution is -2.11. The van der Waals surface area contributed by atoms with Crippen LogP contribution in [0.2, 0.25) is 0 Å². The van der Waals surface area contributed by atoms with Crippen LogP contribution >= 0.6 is 0 Å². The molecule has 49 heavy (non-hydrogen) atoms. The molecule has 0 aliphatic rings. The molecule has 0 aromatic carbocycles. The largest absolute Gasteiger partial charge is 0.0654 e. The van der Waals surface area contributed by atoms with Crippen molar-refractivity contribution in [2.45, 2.75) is 310 Å². The summed E-state index contributed by atoms with van der Waals surface area (Å²) in [5.74, 6) is 0. The Labute approximate surface area is 314 Å². The van der Waals surface area contributed by atoms with E-state index in [0.29, 0.717) is 5.41 Å². The average Bonchev–Trinajstić information content (AvgIpc) is 3.09. The molecule has 0 unspecified atom stereocenters. The van der Waals surface area contributed by atoms with Gasteiger partial charge in [-0.05, 0) is 18.3 Å². The van der Waals surface area contributed by atoms with Crippen molar-refractivity contribution in [2.24, 2.45) is 5.41 Å². The summed E-state index contributed by atoms with van der Waals surface area (Å²) in [6, 6.07) is 0. The summed E-state index contributed by atoms with van der Waals surface area (Å²) in [4.78, 5) is 0. The molecule has 0 N–H and O–H groups in total. The second-order valence-corrected chi connectivity index (χ2v) is 17.8. The highest BCUT2D eigenvalue weighted by Gasteiger charge is 2.16. The van der Waals surface area contributed by atoms with E-state index < -0.39 is 0 Å². The van der Waals surface area contributed by atoms with Crippen LogP contribution < -0.4 is 0 Å². The van der Waals surface area contributed by atoms with Gasteiger partial charge in [0.15, 0.2) is 0 Å². The van der Waals surface area contributed by atoms with Crippen LogP contribution in [0.5, 0.6) is 0 Å². The van der Waals surface area contributed by atoms with Crippen LogP contribution in [0.25, 0.3) is 0 Å². The predicted molar refractivity (Wildman–Crippen MR) is 228 cm³/mol. The van der Waals surface area contributed by atoms with Gasteiger partial charge in [0.2, 0.25) is 0 Å². The highest BCUT2D eigenvalue weighted by atomic mass is 14.2. The highest BCUT2D eigenvalue weighted by molar-refractivity contribution is 4.69. The fourth-order valence-corrected chi connectivity index (χ4v) is 8.20. The third-order valence-corrected chi connectivity index (χ3v) is 11.9. The zero-order chi connectivity index (χ0) is 35.6. The summed E-state index contributed by atoms with van der Waals surface area (Å²) in [5, 5.41) is 0. The second kappa shape index (κ2) is 42.4. The van der Waals surface area contributed by atoms with E-state index in [1.165, 1.54) is 283 Å². The molecule has 0 amide bonds. The molecule has 0 heterocycles. The monoisotopic (exact) mass is 689 g/mol. The Kier molecular flexibility index (Phi) is 42.4. The maximum Gasteiger partial charge on any atom is -0.0354 e. The van der Waals surface area contributed by atoms with E-state index in [0.717, 1.165) is 0 Å². The van der Waals surface area contributed by atoms with Gasteiger partial charge in [-0.1, -0.05) is 297 Å². The van der Waals surface area contributed by atoms with Gasteiger partial charge in [-0.25, -0.2) is 0 Å². The Morgan fingerprint density at radius 3 is 0.449 bits per heavy atom. The van der Waals surface area contributed by atoms with E-state index in [4.69, 9.17) is 0 Å². The molecule has 0 heteroatoms. The van der Waals surface area contributed by atoms with Crippen molar-refractivity contribution in [3.05, 3.63) is 0 Å². The van der Waals surface area contributed by atoms with Crippen LogP contribution in [0.1, 0.15) is 310 Å². The van der Waals surface area contributed by atoms with Gasteiger partial charge >= 0.3 is 0 Å². The van der Waals surface area contributed by atoms with Gasteiger partial charge in [0, 0.05) is 0 Å². The number of hydrogen-bond acceptors (Lipinski definition) is 0. The predicted octanol–water partition coefficient (Wildman–Crippen LogP) is 19.2. The molecule has 0 aromatic rings. The molecule has 0 atom stereocenters. The topological polar surface area (TPSA) is 0 Å². The molecular weight excluding hydrogens is 589 g/mol. The molecular formula is C49H100. The van der Waals surface area contributed by atoms with E-state index in [1.807, 2.05) is 0 Å². The van der Waals surface area contributed by atoms with Crippen LogP contribution in [-0.2, 0) is 0 Å². The van der Waals surface area contributed by atoms with Gasteiger partial charge in [-0.2, -0.15) is 0 Å². The van der Waals surface area contributed by atoms with Crippen LogP contribution in [0.3, 0.4) is 0 Å². The van der Waals surface area contributed by atoms with Gasteiger partial charge in [0.1, 0.15) is 0 Å². The second-order valence-electron chi connectivity index (χ2n) is 17.8. The molecule has 0 rings (SSSR count). The quantitative estimate of drug-likeness (QED) is 0.0559. The van der Waals surface area contributed by atoms with Gasteiger partial charge in [-0.15, -0.1) is 0 Å². The molecule has 0 bridgehead atoms. The average molecular weight is 689 g/mol. The first-order chi connectivity index (χ1) is 24.1. The third kappa shape index (κ3) is 44.1. The fourth-order valence-electron chi connectivity index (χ4n) is 8.20. The van der Waals surface area contributed by atoms with Gasteiger partial charge in [0.05, 0.1) is 0 Å². The Hall–Kier alpha value is 0. The SMILES string of the molecule is CCCCCCCCCCCCCCCCCCCCCCCCC(C)(C)CCCCCCCCCCCCCCCCCCCCCC. The summed E-state index contributed by atoms with van der Waals surface area (Å²) >= 11 is 0. The van der Waals surface area contributed by atoms with Crippen molar-refractivity contribution in [1.29, 1.82) is 0 Å². The fraction of sp³-hybridized carbons (Fsp3) is 1.00. The third-order valence-electron chi connectivity index (χ3n) is 11.9. The Balaban J connectivity index is 3.24. The molecule has 0 fully saturated rings. The van der Waals surface area contributed by atoms with Gasteiger partial charge in [-0.3, -0.25) is 0 Å². The van der Waals surface area contributed by atoms with Crippen molar-refractivity contribution < 1.29 is 0 Å². The van der Waals surface area contributed by atoms with Gasteiger partial charge in [0.25, 0.3) is 0 Å². The van der Waals surface area contributed by atoms with Crippen molar-refractivity contribution in [3.63, 3.8) is 0 Å². The van der Waals surface area contributed by atoms with Crippen molar-refractivity contribution in [2.75, 3.05) is 0 Å². The molecule has 0 saturated heterocycles. The summed E-state index contributed by atoms with van der Waals surface area (Å²) in [7, 11) is 0. The molecule has 0 nitrogen and oxygen atoms in total. The van der Waals surface area contributed by atoms with Crippen LogP contribution in [0.15, 0.2) is 0 Å². The molecule has 0 aromatic heterocycles. The Bertz CT molecular complexity index is 560. The summed E-state index contributed by atoms with van der Waals surface area (Å²) in [6.07, 6.45) is 65.0. The van der Waals surface area contributed by atoms with Crippen molar-refractivity contribution in [1.82, 2.24) is 0 Å². The van der Waals surface area contributed by atoms with Crippen LogP contribution in [0, 0.1) is 5.41 Å². The summed E-state index contributed by atoms with van der Waals surface area (Å²) in [6.45, 7) is 9.71. The number of hydrogen-bond donors (Lipinski definition) is 0. The van der Waals surface area contributed by atoms with E-state index >= 15 is 0 Å². The smallest absolute Gasteiger partial charge is 0.0354 e. The lowest BCUT2D eigenvalue weighted by atomic mass is 9.81. The first-order valence-electron chi connectivity index (χ1n) is 24.1. The van der Waals surface area contributed by atoms with Crippen molar-refractivity contribution in [3.8, 4) is 0 Å². The molecule has 0 aliphatic heterocycles. The minimum atomic E-state index is 0.571. The highest BCUT2D eigenvalue weighted by Crippen LogP contribution is 2.30. The maximum atomic E-state index is 2.54. The first-order valence-corrected chi connectivity index (χ1v) is 24.1. The lowest BCUT2D eigenvalue weighted by molar-refractivity contribution is 0.282. The molecule has 0 radical (unpaired) electrons. The minimum absolute atomic E-state index is 0.571. The summed E-state index contributed by atoms with van der Waals surface area (Å²) < 4.78 is 0.